The predicted molar refractivity (Wildman–Crippen MR) is 221 cm³/mol. The molecule has 0 spiro atoms. The molecule has 0 amide bonds. The lowest BCUT2D eigenvalue weighted by Gasteiger charge is -2.25. The number of rotatable bonds is 7. The van der Waals surface area contributed by atoms with E-state index >= 15 is 0 Å². The summed E-state index contributed by atoms with van der Waals surface area (Å²) in [6.07, 6.45) is 0. The van der Waals surface area contributed by atoms with Crippen LogP contribution in [-0.2, 0) is 0 Å². The van der Waals surface area contributed by atoms with Gasteiger partial charge in [0, 0.05) is 50.1 Å². The fourth-order valence-electron chi connectivity index (χ4n) is 7.25. The summed E-state index contributed by atoms with van der Waals surface area (Å²) in [5.41, 5.74) is 9.74. The number of hydrogen-bond acceptors (Lipinski definition) is 5. The Labute approximate surface area is 312 Å². The number of furan rings is 1. The van der Waals surface area contributed by atoms with Crippen molar-refractivity contribution >= 4 is 49.8 Å². The van der Waals surface area contributed by atoms with Gasteiger partial charge in [-0.25, -0.2) is 15.0 Å². The number of benzene rings is 8. The maximum Gasteiger partial charge on any atom is 0.164 e. The lowest BCUT2D eigenvalue weighted by Crippen LogP contribution is -2.09. The molecular formula is C49H32N4O. The first-order valence-corrected chi connectivity index (χ1v) is 18.0. The van der Waals surface area contributed by atoms with E-state index in [1.807, 2.05) is 84.9 Å². The molecule has 0 fully saturated rings. The molecule has 5 nitrogen and oxygen atoms in total. The van der Waals surface area contributed by atoms with Gasteiger partial charge < -0.3 is 9.32 Å². The fraction of sp³-hybridized carbons (Fsp3) is 0. The van der Waals surface area contributed by atoms with Crippen LogP contribution < -0.4 is 4.90 Å². The third-order valence-corrected chi connectivity index (χ3v) is 9.86. The lowest BCUT2D eigenvalue weighted by atomic mass is 9.96. The molecule has 54 heavy (non-hydrogen) atoms. The summed E-state index contributed by atoms with van der Waals surface area (Å²) in [5, 5.41) is 4.33. The molecule has 0 atom stereocenters. The molecule has 10 rings (SSSR count). The zero-order valence-corrected chi connectivity index (χ0v) is 29.2. The number of hydrogen-bond donors (Lipinski definition) is 0. The van der Waals surface area contributed by atoms with Gasteiger partial charge in [0.15, 0.2) is 17.5 Å². The van der Waals surface area contributed by atoms with Crippen LogP contribution in [0.2, 0.25) is 0 Å². The summed E-state index contributed by atoms with van der Waals surface area (Å²) < 4.78 is 6.62. The molecule has 0 N–H and O–H groups in total. The minimum Gasteiger partial charge on any atom is -0.455 e. The van der Waals surface area contributed by atoms with E-state index in [4.69, 9.17) is 19.4 Å². The summed E-state index contributed by atoms with van der Waals surface area (Å²) in [5.74, 6) is 1.85. The summed E-state index contributed by atoms with van der Waals surface area (Å²) in [6, 6.07) is 66.9. The minimum absolute atomic E-state index is 0.600. The molecule has 0 saturated carbocycles. The maximum absolute atomic E-state index is 6.62. The van der Waals surface area contributed by atoms with Crippen LogP contribution in [0.15, 0.2) is 199 Å². The second kappa shape index (κ2) is 13.3. The van der Waals surface area contributed by atoms with Gasteiger partial charge in [-0.15, -0.1) is 0 Å². The molecule has 2 heterocycles. The summed E-state index contributed by atoms with van der Waals surface area (Å²) in [7, 11) is 0. The van der Waals surface area contributed by atoms with Crippen LogP contribution >= 0.6 is 0 Å². The Morgan fingerprint density at radius 3 is 1.50 bits per heavy atom. The topological polar surface area (TPSA) is 55.1 Å². The summed E-state index contributed by atoms with van der Waals surface area (Å²) in [4.78, 5) is 17.4. The molecule has 5 heteroatoms. The van der Waals surface area contributed by atoms with Crippen LogP contribution in [0.4, 0.5) is 17.1 Å². The standard InChI is InChI=1S/C49H32N4O/c1-5-15-33(16-6-1)47-50-48(34-17-7-2-8-18-34)52-49(51-47)38-31-43(46-44(32-38)42-23-13-14-24-45(42)54-46)37-26-25-36-30-41(28-27-35(36)29-37)53(39-19-9-3-10-20-39)40-21-11-4-12-22-40/h1-32H. The van der Waals surface area contributed by atoms with Crippen molar-refractivity contribution in [1.82, 2.24) is 15.0 Å². The van der Waals surface area contributed by atoms with E-state index in [-0.39, 0.29) is 0 Å². The number of nitrogens with zero attached hydrogens (tertiary/aromatic N) is 4. The highest BCUT2D eigenvalue weighted by atomic mass is 16.3. The number of aromatic nitrogens is 3. The van der Waals surface area contributed by atoms with Crippen molar-refractivity contribution in [3.8, 4) is 45.3 Å². The molecule has 0 bridgehead atoms. The molecule has 10 aromatic rings. The van der Waals surface area contributed by atoms with Gasteiger partial charge in [-0.3, -0.25) is 0 Å². The second-order valence-corrected chi connectivity index (χ2v) is 13.3. The van der Waals surface area contributed by atoms with E-state index < -0.39 is 0 Å². The van der Waals surface area contributed by atoms with Gasteiger partial charge in [-0.1, -0.05) is 133 Å². The first-order valence-electron chi connectivity index (χ1n) is 18.0. The Morgan fingerprint density at radius 2 is 0.870 bits per heavy atom. The van der Waals surface area contributed by atoms with Gasteiger partial charge in [-0.2, -0.15) is 0 Å². The first-order chi connectivity index (χ1) is 26.7. The minimum atomic E-state index is 0.600. The Hall–Kier alpha value is -7.37. The molecule has 0 radical (unpaired) electrons. The smallest absolute Gasteiger partial charge is 0.164 e. The lowest BCUT2D eigenvalue weighted by molar-refractivity contribution is 0.670. The number of para-hydroxylation sites is 3. The molecule has 0 aliphatic rings. The van der Waals surface area contributed by atoms with E-state index in [0.29, 0.717) is 17.5 Å². The highest BCUT2D eigenvalue weighted by molar-refractivity contribution is 6.11. The Kier molecular flexibility index (Phi) is 7.73. The Balaban J connectivity index is 1.14. The molecular weight excluding hydrogens is 661 g/mol. The Bertz CT molecular complexity index is 2830. The van der Waals surface area contributed by atoms with Crippen molar-refractivity contribution in [3.05, 3.63) is 194 Å². The van der Waals surface area contributed by atoms with E-state index in [1.54, 1.807) is 0 Å². The molecule has 0 aliphatic heterocycles. The largest absolute Gasteiger partial charge is 0.455 e. The molecule has 0 aliphatic carbocycles. The average molecular weight is 693 g/mol. The second-order valence-electron chi connectivity index (χ2n) is 13.3. The van der Waals surface area contributed by atoms with Crippen molar-refractivity contribution in [2.45, 2.75) is 0 Å². The van der Waals surface area contributed by atoms with Crippen LogP contribution in [0.5, 0.6) is 0 Å². The third kappa shape index (κ3) is 5.74. The van der Waals surface area contributed by atoms with Gasteiger partial charge in [0.2, 0.25) is 0 Å². The number of fused-ring (bicyclic) bond motifs is 4. The normalized spacial score (nSPS) is 11.3. The number of anilines is 3. The molecule has 8 aromatic carbocycles. The molecule has 0 unspecified atom stereocenters. The van der Waals surface area contributed by atoms with Crippen molar-refractivity contribution in [2.75, 3.05) is 4.90 Å². The van der Waals surface area contributed by atoms with Gasteiger partial charge in [0.1, 0.15) is 11.2 Å². The quantitative estimate of drug-likeness (QED) is 0.166. The van der Waals surface area contributed by atoms with Crippen molar-refractivity contribution in [1.29, 1.82) is 0 Å². The average Bonchev–Trinajstić information content (AvgIpc) is 3.63. The fourth-order valence-corrected chi connectivity index (χ4v) is 7.25. The van der Waals surface area contributed by atoms with Crippen molar-refractivity contribution in [2.24, 2.45) is 0 Å². The predicted octanol–water partition coefficient (Wildman–Crippen LogP) is 13.1. The van der Waals surface area contributed by atoms with Crippen LogP contribution in [-0.4, -0.2) is 15.0 Å². The van der Waals surface area contributed by atoms with E-state index in [0.717, 1.165) is 77.6 Å². The third-order valence-electron chi connectivity index (χ3n) is 9.86. The molecule has 0 saturated heterocycles. The van der Waals surface area contributed by atoms with E-state index in [9.17, 15) is 0 Å². The van der Waals surface area contributed by atoms with Crippen LogP contribution in [0.1, 0.15) is 0 Å². The van der Waals surface area contributed by atoms with Gasteiger partial charge in [-0.05, 0) is 77.0 Å². The van der Waals surface area contributed by atoms with Crippen LogP contribution in [0, 0.1) is 0 Å². The van der Waals surface area contributed by atoms with Gasteiger partial charge >= 0.3 is 0 Å². The maximum atomic E-state index is 6.62. The zero-order valence-electron chi connectivity index (χ0n) is 29.2. The highest BCUT2D eigenvalue weighted by Gasteiger charge is 2.19. The summed E-state index contributed by atoms with van der Waals surface area (Å²) in [6.45, 7) is 0. The first kappa shape index (κ1) is 31.4. The SMILES string of the molecule is c1ccc(-c2nc(-c3ccccc3)nc(-c3cc(-c4ccc5cc(N(c6ccccc6)c6ccccc6)ccc5c4)c4oc5ccccc5c4c3)n2)cc1. The van der Waals surface area contributed by atoms with Gasteiger partial charge in [0.05, 0.1) is 0 Å². The van der Waals surface area contributed by atoms with Gasteiger partial charge in [0.25, 0.3) is 0 Å². The van der Waals surface area contributed by atoms with Crippen molar-refractivity contribution < 1.29 is 4.42 Å². The van der Waals surface area contributed by atoms with Crippen LogP contribution in [0.25, 0.3) is 78.0 Å². The van der Waals surface area contributed by atoms with E-state index in [2.05, 4.69) is 114 Å². The zero-order chi connectivity index (χ0) is 35.8. The van der Waals surface area contributed by atoms with E-state index in [1.165, 1.54) is 0 Å². The monoisotopic (exact) mass is 692 g/mol. The molecule has 254 valence electrons. The highest BCUT2D eigenvalue weighted by Crippen LogP contribution is 2.41. The molecule has 2 aromatic heterocycles. The Morgan fingerprint density at radius 1 is 0.352 bits per heavy atom. The van der Waals surface area contributed by atoms with Crippen molar-refractivity contribution in [3.63, 3.8) is 0 Å². The van der Waals surface area contributed by atoms with Crippen LogP contribution in [0.3, 0.4) is 0 Å². The summed E-state index contributed by atoms with van der Waals surface area (Å²) >= 11 is 0.